The number of hydrogen-bond acceptors (Lipinski definition) is 5. The summed E-state index contributed by atoms with van der Waals surface area (Å²) >= 11 is 1.44. The van der Waals surface area contributed by atoms with Gasteiger partial charge in [0.2, 0.25) is 5.91 Å². The molecule has 1 aromatic rings. The molecule has 1 rings (SSSR count). The van der Waals surface area contributed by atoms with Gasteiger partial charge in [-0.05, 0) is 39.8 Å². The maximum Gasteiger partial charge on any atom is 0.318 e. The summed E-state index contributed by atoms with van der Waals surface area (Å²) in [5, 5.41) is 5.04. The molecule has 2 N–H and O–H groups in total. The van der Waals surface area contributed by atoms with Crippen molar-refractivity contribution in [1.29, 1.82) is 0 Å². The van der Waals surface area contributed by atoms with Gasteiger partial charge in [-0.3, -0.25) is 14.4 Å². The first-order chi connectivity index (χ1) is 11.7. The minimum Gasteiger partial charge on any atom is -0.465 e. The van der Waals surface area contributed by atoms with Crippen LogP contribution in [0.25, 0.3) is 0 Å². The summed E-state index contributed by atoms with van der Waals surface area (Å²) in [6.45, 7) is 8.06. The van der Waals surface area contributed by atoms with Crippen LogP contribution in [0.2, 0.25) is 0 Å². The summed E-state index contributed by atoms with van der Waals surface area (Å²) in [4.78, 5) is 35.5. The van der Waals surface area contributed by atoms with E-state index < -0.39 is 0 Å². The molecule has 6 nitrogen and oxygen atoms in total. The van der Waals surface area contributed by atoms with Gasteiger partial charge in [0.05, 0.1) is 13.2 Å². The Bertz CT molecular complexity index is 590. The summed E-state index contributed by atoms with van der Waals surface area (Å²) in [6.07, 6.45) is 0. The van der Waals surface area contributed by atoms with Crippen molar-refractivity contribution in [1.82, 2.24) is 10.6 Å². The fourth-order valence-electron chi connectivity index (χ4n) is 2.05. The van der Waals surface area contributed by atoms with Gasteiger partial charge >= 0.3 is 5.97 Å². The highest BCUT2D eigenvalue weighted by Crippen LogP contribution is 2.28. The van der Waals surface area contributed by atoms with Crippen LogP contribution in [0.1, 0.15) is 38.1 Å². The smallest absolute Gasteiger partial charge is 0.318 e. The van der Waals surface area contributed by atoms with Crippen molar-refractivity contribution >= 4 is 29.5 Å². The Morgan fingerprint density at radius 2 is 1.80 bits per heavy atom. The lowest BCUT2D eigenvalue weighted by molar-refractivity contribution is -0.142. The molecule has 138 valence electrons. The first kappa shape index (κ1) is 21.0. The lowest BCUT2D eigenvalue weighted by Crippen LogP contribution is -2.43. The fraction of sp³-hybridized carbons (Fsp3) is 0.500. The number of hydrogen-bond donors (Lipinski definition) is 2. The molecule has 0 aliphatic carbocycles. The van der Waals surface area contributed by atoms with Crippen molar-refractivity contribution in [3.8, 4) is 0 Å². The van der Waals surface area contributed by atoms with E-state index in [4.69, 9.17) is 4.74 Å². The summed E-state index contributed by atoms with van der Waals surface area (Å²) in [5.74, 6) is -0.830. The molecule has 0 fully saturated rings. The minimum absolute atomic E-state index is 0.0953. The number of ether oxygens (including phenoxy) is 1. The van der Waals surface area contributed by atoms with Gasteiger partial charge in [0.25, 0.3) is 5.91 Å². The summed E-state index contributed by atoms with van der Waals surface area (Å²) in [5.41, 5.74) is 0.509. The highest BCUT2D eigenvalue weighted by molar-refractivity contribution is 8.01. The Hall–Kier alpha value is -2.02. The van der Waals surface area contributed by atoms with Gasteiger partial charge in [0.1, 0.15) is 5.25 Å². The molecule has 0 heterocycles. The van der Waals surface area contributed by atoms with E-state index in [1.807, 2.05) is 19.9 Å². The number of nitrogens with one attached hydrogen (secondary N) is 2. The van der Waals surface area contributed by atoms with E-state index in [1.54, 1.807) is 38.1 Å². The molecule has 2 amide bonds. The number of rotatable bonds is 9. The summed E-state index contributed by atoms with van der Waals surface area (Å²) < 4.78 is 4.65. The van der Waals surface area contributed by atoms with Crippen molar-refractivity contribution in [3.63, 3.8) is 0 Å². The van der Waals surface area contributed by atoms with E-state index >= 15 is 0 Å². The maximum atomic E-state index is 11.9. The lowest BCUT2D eigenvalue weighted by atomic mass is 10.2. The second-order valence-electron chi connectivity index (χ2n) is 6.10. The van der Waals surface area contributed by atoms with Crippen LogP contribution < -0.4 is 10.6 Å². The predicted molar refractivity (Wildman–Crippen MR) is 99.5 cm³/mol. The Morgan fingerprint density at radius 3 is 2.40 bits per heavy atom. The Labute approximate surface area is 153 Å². The van der Waals surface area contributed by atoms with Gasteiger partial charge in [-0.1, -0.05) is 18.2 Å². The number of amides is 2. The molecule has 7 heteroatoms. The van der Waals surface area contributed by atoms with E-state index in [1.165, 1.54) is 11.8 Å². The zero-order chi connectivity index (χ0) is 18.9. The standard InChI is InChI=1S/C18H26N2O4S/c1-5-24-17(23)13(2)25-18(3,4)12-20-15(21)11-19-16(22)14-9-7-6-8-10-14/h6-10,13H,5,11-12H2,1-4H3,(H,19,22)(H,20,21). The topological polar surface area (TPSA) is 84.5 Å². The van der Waals surface area contributed by atoms with Gasteiger partial charge < -0.3 is 15.4 Å². The number of esters is 1. The van der Waals surface area contributed by atoms with E-state index in [-0.39, 0.29) is 34.3 Å². The average molecular weight is 366 g/mol. The van der Waals surface area contributed by atoms with Crippen molar-refractivity contribution in [2.24, 2.45) is 0 Å². The third-order valence-corrected chi connectivity index (χ3v) is 4.60. The predicted octanol–water partition coefficient (Wildman–Crippen LogP) is 2.00. The largest absolute Gasteiger partial charge is 0.465 e. The second-order valence-corrected chi connectivity index (χ2v) is 8.15. The molecule has 0 radical (unpaired) electrons. The lowest BCUT2D eigenvalue weighted by Gasteiger charge is -2.27. The summed E-state index contributed by atoms with van der Waals surface area (Å²) in [7, 11) is 0. The molecule has 0 bridgehead atoms. The van der Waals surface area contributed by atoms with Gasteiger partial charge in [-0.15, -0.1) is 11.8 Å². The molecule has 0 saturated heterocycles. The molecule has 0 aliphatic rings. The maximum absolute atomic E-state index is 11.9. The van der Waals surface area contributed by atoms with Crippen LogP contribution in [-0.2, 0) is 14.3 Å². The third kappa shape index (κ3) is 8.07. The molecule has 0 aromatic heterocycles. The van der Waals surface area contributed by atoms with E-state index in [0.29, 0.717) is 18.7 Å². The summed E-state index contributed by atoms with van der Waals surface area (Å²) in [6, 6.07) is 8.72. The first-order valence-corrected chi connectivity index (χ1v) is 9.07. The monoisotopic (exact) mass is 366 g/mol. The van der Waals surface area contributed by atoms with Crippen LogP contribution in [0.4, 0.5) is 0 Å². The molecule has 1 aromatic carbocycles. The normalized spacial score (nSPS) is 12.2. The Morgan fingerprint density at radius 1 is 1.16 bits per heavy atom. The van der Waals surface area contributed by atoms with Crippen LogP contribution in [-0.4, -0.2) is 47.5 Å². The fourth-order valence-corrected chi connectivity index (χ4v) is 3.33. The van der Waals surface area contributed by atoms with E-state index in [9.17, 15) is 14.4 Å². The molecule has 1 unspecified atom stereocenters. The number of thioether (sulfide) groups is 1. The van der Waals surface area contributed by atoms with Crippen molar-refractivity contribution in [3.05, 3.63) is 35.9 Å². The van der Waals surface area contributed by atoms with Crippen LogP contribution >= 0.6 is 11.8 Å². The number of carbonyl (C=O) groups is 3. The van der Waals surface area contributed by atoms with Crippen molar-refractivity contribution < 1.29 is 19.1 Å². The van der Waals surface area contributed by atoms with E-state index in [2.05, 4.69) is 10.6 Å². The van der Waals surface area contributed by atoms with Gasteiger partial charge in [0.15, 0.2) is 0 Å². The second kappa shape index (κ2) is 10.1. The van der Waals surface area contributed by atoms with E-state index in [0.717, 1.165) is 0 Å². The average Bonchev–Trinajstić information content (AvgIpc) is 2.58. The molecule has 0 saturated carbocycles. The highest BCUT2D eigenvalue weighted by atomic mass is 32.2. The quantitative estimate of drug-likeness (QED) is 0.653. The molecular formula is C18H26N2O4S. The van der Waals surface area contributed by atoms with Gasteiger partial charge in [-0.25, -0.2) is 0 Å². The zero-order valence-corrected chi connectivity index (χ0v) is 15.9. The van der Waals surface area contributed by atoms with Crippen LogP contribution in [0.3, 0.4) is 0 Å². The molecular weight excluding hydrogens is 340 g/mol. The Kier molecular flexibility index (Phi) is 8.48. The number of benzene rings is 1. The molecule has 0 aliphatic heterocycles. The van der Waals surface area contributed by atoms with Crippen molar-refractivity contribution in [2.75, 3.05) is 19.7 Å². The van der Waals surface area contributed by atoms with Crippen LogP contribution in [0.5, 0.6) is 0 Å². The SMILES string of the molecule is CCOC(=O)C(C)SC(C)(C)CNC(=O)CNC(=O)c1ccccc1. The zero-order valence-electron chi connectivity index (χ0n) is 15.1. The van der Waals surface area contributed by atoms with Crippen LogP contribution in [0.15, 0.2) is 30.3 Å². The number of carbonyl (C=O) groups excluding carboxylic acids is 3. The van der Waals surface area contributed by atoms with Crippen molar-refractivity contribution in [2.45, 2.75) is 37.7 Å². The van der Waals surface area contributed by atoms with Gasteiger partial charge in [-0.2, -0.15) is 0 Å². The minimum atomic E-state index is -0.342. The van der Waals surface area contributed by atoms with Crippen LogP contribution in [0, 0.1) is 0 Å². The molecule has 1 atom stereocenters. The Balaban J connectivity index is 2.37. The first-order valence-electron chi connectivity index (χ1n) is 8.19. The molecule has 0 spiro atoms. The highest BCUT2D eigenvalue weighted by Gasteiger charge is 2.27. The third-order valence-electron chi connectivity index (χ3n) is 3.27. The van der Waals surface area contributed by atoms with Gasteiger partial charge in [0, 0.05) is 16.9 Å². The molecule has 25 heavy (non-hydrogen) atoms.